The predicted molar refractivity (Wildman–Crippen MR) is 251 cm³/mol. The molecule has 2 saturated carbocycles. The standard InChI is InChI=1S/C23H27N5O2S.C13H14ClN3.C10H14N2O2S/c29-31(30,19-10-2-1-3-11-19)28-16-14-27(15-17-28)23-25-21-13-7-6-12-20(21)22(26-23)24-18-8-4-5-9-18;14-13-16-11-8-4-3-7-10(11)12(17-13)15-9-5-1-2-6-9;13-15(14,10-4-2-1-3-5-10)12-8-6-11-7-9-12/h1-3,6-7,10-13,18H,4-5,8-9,14-17H2,(H,24,25,26);3-4,7-9H,1-2,5-6H2,(H,15,16,17);1-5,11H,6-9H2. The monoisotopic (exact) mass is 910 g/mol. The molecule has 0 bridgehead atoms. The Morgan fingerprint density at radius 2 is 0.937 bits per heavy atom. The molecule has 0 spiro atoms. The molecule has 4 fully saturated rings. The second-order valence-electron chi connectivity index (χ2n) is 16.2. The highest BCUT2D eigenvalue weighted by Gasteiger charge is 2.30. The number of aromatic nitrogens is 4. The highest BCUT2D eigenvalue weighted by atomic mass is 35.5. The largest absolute Gasteiger partial charge is 0.367 e. The number of anilines is 3. The summed E-state index contributed by atoms with van der Waals surface area (Å²) in [6.45, 7) is 4.52. The van der Waals surface area contributed by atoms with Crippen molar-refractivity contribution in [2.75, 3.05) is 67.9 Å². The minimum Gasteiger partial charge on any atom is -0.367 e. The zero-order chi connectivity index (χ0) is 43.7. The van der Waals surface area contributed by atoms with Crippen LogP contribution in [0.3, 0.4) is 0 Å². The van der Waals surface area contributed by atoms with E-state index in [1.807, 2.05) is 54.6 Å². The Labute approximate surface area is 375 Å². The van der Waals surface area contributed by atoms with Crippen LogP contribution in [0.25, 0.3) is 21.8 Å². The van der Waals surface area contributed by atoms with E-state index in [9.17, 15) is 16.8 Å². The molecule has 0 radical (unpaired) electrons. The first-order chi connectivity index (χ1) is 30.6. The molecule has 63 heavy (non-hydrogen) atoms. The Kier molecular flexibility index (Phi) is 14.7. The molecule has 2 aliphatic heterocycles. The predicted octanol–water partition coefficient (Wildman–Crippen LogP) is 7.41. The average Bonchev–Trinajstić information content (AvgIpc) is 4.05. The fraction of sp³-hybridized carbons (Fsp3) is 0.391. The summed E-state index contributed by atoms with van der Waals surface area (Å²) in [6, 6.07) is 34.2. The average molecular weight is 912 g/mol. The Morgan fingerprint density at radius 1 is 0.508 bits per heavy atom. The van der Waals surface area contributed by atoms with E-state index >= 15 is 0 Å². The van der Waals surface area contributed by atoms with Crippen molar-refractivity contribution in [3.05, 3.63) is 114 Å². The van der Waals surface area contributed by atoms with E-state index in [0.29, 0.717) is 72.4 Å². The molecular formula is C46H55ClN10O4S2. The van der Waals surface area contributed by atoms with Gasteiger partial charge >= 0.3 is 0 Å². The van der Waals surface area contributed by atoms with Crippen molar-refractivity contribution in [1.82, 2.24) is 33.9 Å². The highest BCUT2D eigenvalue weighted by Crippen LogP contribution is 2.30. The van der Waals surface area contributed by atoms with Crippen LogP contribution in [0.5, 0.6) is 0 Å². The van der Waals surface area contributed by atoms with Crippen molar-refractivity contribution in [1.29, 1.82) is 0 Å². The Balaban J connectivity index is 0.000000143. The zero-order valence-electron chi connectivity index (χ0n) is 35.3. The molecule has 0 amide bonds. The molecule has 332 valence electrons. The molecule has 4 heterocycles. The van der Waals surface area contributed by atoms with E-state index in [2.05, 4.69) is 36.9 Å². The van der Waals surface area contributed by atoms with Gasteiger partial charge in [0, 0.05) is 75.2 Å². The molecule has 2 aromatic heterocycles. The molecule has 6 aromatic rings. The van der Waals surface area contributed by atoms with Crippen LogP contribution in [0.4, 0.5) is 17.6 Å². The Morgan fingerprint density at radius 3 is 1.44 bits per heavy atom. The maximum absolute atomic E-state index is 12.9. The van der Waals surface area contributed by atoms with Crippen LogP contribution in [-0.4, -0.2) is 110 Å². The van der Waals surface area contributed by atoms with Crippen molar-refractivity contribution < 1.29 is 16.8 Å². The summed E-state index contributed by atoms with van der Waals surface area (Å²) in [4.78, 5) is 21.0. The number of sulfonamides is 2. The van der Waals surface area contributed by atoms with Crippen LogP contribution in [0, 0.1) is 0 Å². The third kappa shape index (κ3) is 11.0. The number of halogens is 1. The first-order valence-corrected chi connectivity index (χ1v) is 25.2. The van der Waals surface area contributed by atoms with E-state index in [1.54, 1.807) is 52.8 Å². The molecule has 10 rings (SSSR count). The normalized spacial score (nSPS) is 18.1. The van der Waals surface area contributed by atoms with Gasteiger partial charge in [-0.2, -0.15) is 13.6 Å². The smallest absolute Gasteiger partial charge is 0.243 e. The summed E-state index contributed by atoms with van der Waals surface area (Å²) >= 11 is 5.95. The summed E-state index contributed by atoms with van der Waals surface area (Å²) in [7, 11) is -6.74. The number of rotatable bonds is 9. The molecule has 17 heteroatoms. The summed E-state index contributed by atoms with van der Waals surface area (Å²) in [5, 5.41) is 12.6. The second-order valence-corrected chi connectivity index (χ2v) is 20.4. The summed E-state index contributed by atoms with van der Waals surface area (Å²) in [5.41, 5.74) is 1.81. The Bertz CT molecular complexity index is 2660. The van der Waals surface area contributed by atoms with Gasteiger partial charge in [-0.1, -0.05) is 86.3 Å². The molecule has 14 nitrogen and oxygen atoms in total. The molecule has 2 saturated heterocycles. The van der Waals surface area contributed by atoms with E-state index in [-0.39, 0.29) is 0 Å². The number of benzene rings is 4. The van der Waals surface area contributed by atoms with Gasteiger partial charge in [-0.15, -0.1) is 0 Å². The molecule has 0 unspecified atom stereocenters. The van der Waals surface area contributed by atoms with Crippen molar-refractivity contribution in [3.8, 4) is 0 Å². The van der Waals surface area contributed by atoms with Gasteiger partial charge in [0.1, 0.15) is 11.6 Å². The number of hydrogen-bond acceptors (Lipinski definition) is 12. The van der Waals surface area contributed by atoms with Crippen LogP contribution < -0.4 is 20.9 Å². The van der Waals surface area contributed by atoms with E-state index < -0.39 is 20.0 Å². The van der Waals surface area contributed by atoms with Crippen molar-refractivity contribution in [2.45, 2.75) is 73.2 Å². The van der Waals surface area contributed by atoms with Crippen molar-refractivity contribution >= 4 is 71.0 Å². The van der Waals surface area contributed by atoms with Crippen LogP contribution >= 0.6 is 11.6 Å². The van der Waals surface area contributed by atoms with Crippen LogP contribution in [0.2, 0.25) is 5.28 Å². The third-order valence-electron chi connectivity index (χ3n) is 11.9. The molecule has 4 aliphatic rings. The number of hydrogen-bond donors (Lipinski definition) is 3. The van der Waals surface area contributed by atoms with E-state index in [0.717, 1.165) is 46.5 Å². The Hall–Kier alpha value is -4.97. The van der Waals surface area contributed by atoms with Gasteiger partial charge in [0.2, 0.25) is 31.3 Å². The van der Waals surface area contributed by atoms with Gasteiger partial charge in [0.05, 0.1) is 20.8 Å². The fourth-order valence-electron chi connectivity index (χ4n) is 8.50. The summed E-state index contributed by atoms with van der Waals surface area (Å²) < 4.78 is 53.1. The second kappa shape index (κ2) is 20.7. The van der Waals surface area contributed by atoms with Crippen molar-refractivity contribution in [2.24, 2.45) is 0 Å². The summed E-state index contributed by atoms with van der Waals surface area (Å²) in [5.74, 6) is 2.41. The molecule has 3 N–H and O–H groups in total. The SMILES string of the molecule is Clc1nc(NC2CCCC2)c2ccccc2n1.O=S(=O)(c1ccccc1)N1CCN(c2nc(NC3CCCC3)c3ccccc3n2)CC1.O=S(=O)(c1ccccc1)N1CCNCC1. The topological polar surface area (TPSA) is 166 Å². The number of para-hydroxylation sites is 2. The quantitative estimate of drug-likeness (QED) is 0.123. The first kappa shape index (κ1) is 44.6. The number of nitrogens with one attached hydrogen (secondary N) is 3. The van der Waals surface area contributed by atoms with Gasteiger partial charge in [0.15, 0.2) is 0 Å². The third-order valence-corrected chi connectivity index (χ3v) is 15.9. The molecule has 0 atom stereocenters. The minimum atomic E-state index is -3.47. The van der Waals surface area contributed by atoms with Gasteiger partial charge in [0.25, 0.3) is 0 Å². The van der Waals surface area contributed by atoms with Crippen LogP contribution in [-0.2, 0) is 20.0 Å². The maximum Gasteiger partial charge on any atom is 0.243 e. The zero-order valence-corrected chi connectivity index (χ0v) is 37.7. The fourth-order valence-corrected chi connectivity index (χ4v) is 11.6. The van der Waals surface area contributed by atoms with Crippen LogP contribution in [0.1, 0.15) is 51.4 Å². The molecule has 4 aromatic carbocycles. The lowest BCUT2D eigenvalue weighted by atomic mass is 10.2. The summed E-state index contributed by atoms with van der Waals surface area (Å²) in [6.07, 6.45) is 9.89. The van der Waals surface area contributed by atoms with Crippen molar-refractivity contribution in [3.63, 3.8) is 0 Å². The first-order valence-electron chi connectivity index (χ1n) is 21.9. The lowest BCUT2D eigenvalue weighted by Crippen LogP contribution is -2.49. The van der Waals surface area contributed by atoms with E-state index in [1.165, 1.54) is 55.7 Å². The lowest BCUT2D eigenvalue weighted by molar-refractivity contribution is 0.360. The van der Waals surface area contributed by atoms with E-state index in [4.69, 9.17) is 21.6 Å². The highest BCUT2D eigenvalue weighted by molar-refractivity contribution is 7.89. The minimum absolute atomic E-state index is 0.309. The molecular weight excluding hydrogens is 856 g/mol. The van der Waals surface area contributed by atoms with Gasteiger partial charge in [-0.25, -0.2) is 31.8 Å². The number of piperazine rings is 2. The van der Waals surface area contributed by atoms with Gasteiger partial charge < -0.3 is 20.9 Å². The van der Waals surface area contributed by atoms with Crippen LogP contribution in [0.15, 0.2) is 119 Å². The molecule has 2 aliphatic carbocycles. The van der Waals surface area contributed by atoms with Gasteiger partial charge in [-0.05, 0) is 85.8 Å². The maximum atomic E-state index is 12.9. The number of nitrogens with zero attached hydrogens (tertiary/aromatic N) is 7. The lowest BCUT2D eigenvalue weighted by Gasteiger charge is -2.34. The number of fused-ring (bicyclic) bond motifs is 2. The van der Waals surface area contributed by atoms with Gasteiger partial charge in [-0.3, -0.25) is 0 Å².